The number of carbonyl (C=O) groups is 1. The molecular weight excluding hydrogens is 262 g/mol. The Labute approximate surface area is 130 Å². The zero-order valence-electron chi connectivity index (χ0n) is 14.3. The van der Waals surface area contributed by atoms with E-state index in [0.717, 1.165) is 19.1 Å². The topological polar surface area (TPSA) is 26.8 Å². The standard InChI is InChI=1S/C17H33N3O/c1-14(2)17(21)13-18-7-5-16(6-8-18)20-11-9-19(10-12-20)15(3)4/h14-16H,5-13H2,1-4H3. The van der Waals surface area contributed by atoms with E-state index in [1.807, 2.05) is 13.8 Å². The van der Waals surface area contributed by atoms with E-state index in [1.165, 1.54) is 39.0 Å². The maximum atomic E-state index is 11.8. The molecule has 0 N–H and O–H groups in total. The maximum absolute atomic E-state index is 11.8. The number of rotatable bonds is 5. The predicted octanol–water partition coefficient (Wildman–Crippen LogP) is 1.70. The molecule has 2 fully saturated rings. The summed E-state index contributed by atoms with van der Waals surface area (Å²) in [5.41, 5.74) is 0. The van der Waals surface area contributed by atoms with Gasteiger partial charge < -0.3 is 0 Å². The fraction of sp³-hybridized carbons (Fsp3) is 0.941. The van der Waals surface area contributed by atoms with Crippen LogP contribution in [-0.2, 0) is 4.79 Å². The van der Waals surface area contributed by atoms with Gasteiger partial charge in [-0.2, -0.15) is 0 Å². The number of piperazine rings is 1. The van der Waals surface area contributed by atoms with E-state index in [9.17, 15) is 4.79 Å². The van der Waals surface area contributed by atoms with E-state index >= 15 is 0 Å². The summed E-state index contributed by atoms with van der Waals surface area (Å²) in [4.78, 5) is 19.4. The highest BCUT2D eigenvalue weighted by Crippen LogP contribution is 2.19. The van der Waals surface area contributed by atoms with Gasteiger partial charge in [-0.25, -0.2) is 0 Å². The smallest absolute Gasteiger partial charge is 0.149 e. The second kappa shape index (κ2) is 7.70. The van der Waals surface area contributed by atoms with Gasteiger partial charge in [0.2, 0.25) is 0 Å². The molecule has 0 radical (unpaired) electrons. The van der Waals surface area contributed by atoms with Crippen LogP contribution in [0.2, 0.25) is 0 Å². The van der Waals surface area contributed by atoms with Crippen LogP contribution < -0.4 is 0 Å². The van der Waals surface area contributed by atoms with Crippen molar-refractivity contribution in [1.29, 1.82) is 0 Å². The number of ketones is 1. The lowest BCUT2D eigenvalue weighted by Gasteiger charge is -2.43. The summed E-state index contributed by atoms with van der Waals surface area (Å²) >= 11 is 0. The molecule has 2 saturated heterocycles. The molecule has 0 spiro atoms. The zero-order chi connectivity index (χ0) is 15.4. The highest BCUT2D eigenvalue weighted by molar-refractivity contribution is 5.82. The number of Topliss-reactive ketones (excluding diaryl/α,β-unsaturated/α-hetero) is 1. The molecule has 0 bridgehead atoms. The summed E-state index contributed by atoms with van der Waals surface area (Å²) in [6, 6.07) is 1.42. The molecule has 2 aliphatic heterocycles. The van der Waals surface area contributed by atoms with Gasteiger partial charge in [-0.05, 0) is 26.7 Å². The molecule has 0 aromatic heterocycles. The highest BCUT2D eigenvalue weighted by Gasteiger charge is 2.28. The molecular formula is C17H33N3O. The average molecular weight is 295 g/mol. The first-order valence-corrected chi connectivity index (χ1v) is 8.70. The Morgan fingerprint density at radius 3 is 2.00 bits per heavy atom. The molecule has 2 rings (SSSR count). The summed E-state index contributed by atoms with van der Waals surface area (Å²) < 4.78 is 0. The minimum Gasteiger partial charge on any atom is -0.298 e. The Bertz CT molecular complexity index is 327. The molecule has 0 atom stereocenters. The fourth-order valence-corrected chi connectivity index (χ4v) is 3.46. The summed E-state index contributed by atoms with van der Waals surface area (Å²) in [6.45, 7) is 16.3. The Morgan fingerprint density at radius 2 is 1.52 bits per heavy atom. The van der Waals surface area contributed by atoms with E-state index in [2.05, 4.69) is 28.5 Å². The lowest BCUT2D eigenvalue weighted by atomic mass is 10.0. The minimum absolute atomic E-state index is 0.173. The van der Waals surface area contributed by atoms with Crippen molar-refractivity contribution in [2.75, 3.05) is 45.8 Å². The molecule has 0 aromatic carbocycles. The summed E-state index contributed by atoms with van der Waals surface area (Å²) in [7, 11) is 0. The molecule has 21 heavy (non-hydrogen) atoms. The largest absolute Gasteiger partial charge is 0.298 e. The molecule has 0 saturated carbocycles. The average Bonchev–Trinajstić information content (AvgIpc) is 2.48. The van der Waals surface area contributed by atoms with Gasteiger partial charge >= 0.3 is 0 Å². The van der Waals surface area contributed by atoms with Gasteiger partial charge in [0.15, 0.2) is 0 Å². The zero-order valence-corrected chi connectivity index (χ0v) is 14.3. The van der Waals surface area contributed by atoms with Gasteiger partial charge in [0.25, 0.3) is 0 Å². The number of piperidine rings is 1. The quantitative estimate of drug-likeness (QED) is 0.771. The van der Waals surface area contributed by atoms with Crippen molar-refractivity contribution in [2.24, 2.45) is 5.92 Å². The van der Waals surface area contributed by atoms with E-state index < -0.39 is 0 Å². The first-order chi connectivity index (χ1) is 9.97. The van der Waals surface area contributed by atoms with Crippen LogP contribution in [0.1, 0.15) is 40.5 Å². The number of hydrogen-bond donors (Lipinski definition) is 0. The van der Waals surface area contributed by atoms with Crippen molar-refractivity contribution in [3.8, 4) is 0 Å². The van der Waals surface area contributed by atoms with Crippen molar-refractivity contribution in [3.05, 3.63) is 0 Å². The number of hydrogen-bond acceptors (Lipinski definition) is 4. The van der Waals surface area contributed by atoms with Gasteiger partial charge in [-0.15, -0.1) is 0 Å². The monoisotopic (exact) mass is 295 g/mol. The van der Waals surface area contributed by atoms with Gasteiger partial charge in [-0.3, -0.25) is 19.5 Å². The lowest BCUT2D eigenvalue weighted by Crippen LogP contribution is -2.54. The first kappa shape index (κ1) is 16.9. The normalized spacial score (nSPS) is 24.1. The molecule has 0 aromatic rings. The number of nitrogens with zero attached hydrogens (tertiary/aromatic N) is 3. The molecule has 0 amide bonds. The summed E-state index contributed by atoms with van der Waals surface area (Å²) in [5, 5.41) is 0. The third-order valence-corrected chi connectivity index (χ3v) is 5.18. The predicted molar refractivity (Wildman–Crippen MR) is 87.6 cm³/mol. The Kier molecular flexibility index (Phi) is 6.20. The Balaban J connectivity index is 1.71. The van der Waals surface area contributed by atoms with Gasteiger partial charge in [0.05, 0.1) is 6.54 Å². The van der Waals surface area contributed by atoms with Crippen LogP contribution in [0.15, 0.2) is 0 Å². The van der Waals surface area contributed by atoms with Crippen LogP contribution in [0.4, 0.5) is 0 Å². The Hall–Kier alpha value is -0.450. The van der Waals surface area contributed by atoms with Gasteiger partial charge in [-0.1, -0.05) is 13.8 Å². The van der Waals surface area contributed by atoms with Crippen molar-refractivity contribution in [3.63, 3.8) is 0 Å². The summed E-state index contributed by atoms with van der Waals surface area (Å²) in [5.74, 6) is 0.561. The molecule has 0 aliphatic carbocycles. The SMILES string of the molecule is CC(C)C(=O)CN1CCC(N2CCN(C(C)C)CC2)CC1. The van der Waals surface area contributed by atoms with E-state index in [1.54, 1.807) is 0 Å². The molecule has 2 heterocycles. The van der Waals surface area contributed by atoms with Crippen LogP contribution in [0.25, 0.3) is 0 Å². The molecule has 4 heteroatoms. The number of likely N-dealkylation sites (tertiary alicyclic amines) is 1. The van der Waals surface area contributed by atoms with Crippen LogP contribution in [-0.4, -0.2) is 78.4 Å². The van der Waals surface area contributed by atoms with Crippen molar-refractivity contribution >= 4 is 5.78 Å². The first-order valence-electron chi connectivity index (χ1n) is 8.70. The van der Waals surface area contributed by atoms with Gasteiger partial charge in [0, 0.05) is 57.3 Å². The number of carbonyl (C=O) groups excluding carboxylic acids is 1. The minimum atomic E-state index is 0.173. The van der Waals surface area contributed by atoms with Crippen molar-refractivity contribution in [2.45, 2.75) is 52.6 Å². The third-order valence-electron chi connectivity index (χ3n) is 5.18. The summed E-state index contributed by atoms with van der Waals surface area (Å²) in [6.07, 6.45) is 2.46. The fourth-order valence-electron chi connectivity index (χ4n) is 3.46. The third kappa shape index (κ3) is 4.76. The second-order valence-corrected chi connectivity index (χ2v) is 7.29. The van der Waals surface area contributed by atoms with E-state index in [-0.39, 0.29) is 5.92 Å². The molecule has 4 nitrogen and oxygen atoms in total. The molecule has 0 unspecified atom stereocenters. The van der Waals surface area contributed by atoms with Crippen LogP contribution in [0, 0.1) is 5.92 Å². The molecule has 122 valence electrons. The second-order valence-electron chi connectivity index (χ2n) is 7.29. The van der Waals surface area contributed by atoms with Crippen LogP contribution in [0.5, 0.6) is 0 Å². The Morgan fingerprint density at radius 1 is 0.952 bits per heavy atom. The highest BCUT2D eigenvalue weighted by atomic mass is 16.1. The van der Waals surface area contributed by atoms with Crippen molar-refractivity contribution < 1.29 is 4.79 Å². The maximum Gasteiger partial charge on any atom is 0.149 e. The molecule has 2 aliphatic rings. The van der Waals surface area contributed by atoms with Crippen LogP contribution in [0.3, 0.4) is 0 Å². The van der Waals surface area contributed by atoms with Crippen molar-refractivity contribution in [1.82, 2.24) is 14.7 Å². The van der Waals surface area contributed by atoms with E-state index in [4.69, 9.17) is 0 Å². The van der Waals surface area contributed by atoms with Gasteiger partial charge in [0.1, 0.15) is 5.78 Å². The van der Waals surface area contributed by atoms with Crippen LogP contribution >= 0.6 is 0 Å². The lowest BCUT2D eigenvalue weighted by molar-refractivity contribution is -0.123. The van der Waals surface area contributed by atoms with E-state index in [0.29, 0.717) is 18.4 Å².